The molecule has 0 aliphatic rings. The molecule has 1 aromatic carbocycles. The lowest BCUT2D eigenvalue weighted by Gasteiger charge is -2.23. The van der Waals surface area contributed by atoms with E-state index in [1.54, 1.807) is 11.0 Å². The van der Waals surface area contributed by atoms with Crippen molar-refractivity contribution in [1.29, 1.82) is 0 Å². The zero-order valence-corrected chi connectivity index (χ0v) is 13.5. The predicted molar refractivity (Wildman–Crippen MR) is 89.2 cm³/mol. The van der Waals surface area contributed by atoms with Crippen molar-refractivity contribution < 1.29 is 14.7 Å². The molecule has 2 rings (SSSR count). The minimum Gasteiger partial charge on any atom is -0.481 e. The van der Waals surface area contributed by atoms with Gasteiger partial charge in [-0.15, -0.1) is 0 Å². The fourth-order valence-electron chi connectivity index (χ4n) is 2.42. The largest absolute Gasteiger partial charge is 0.481 e. The summed E-state index contributed by atoms with van der Waals surface area (Å²) in [6.07, 6.45) is -0.0509. The molecule has 0 unspecified atom stereocenters. The van der Waals surface area contributed by atoms with Crippen LogP contribution in [0.4, 0.5) is 0 Å². The van der Waals surface area contributed by atoms with Crippen LogP contribution in [-0.4, -0.2) is 40.0 Å². The molecular weight excluding hydrogens is 292 g/mol. The summed E-state index contributed by atoms with van der Waals surface area (Å²) >= 11 is 0. The molecule has 1 aromatic heterocycles. The van der Waals surface area contributed by atoms with E-state index in [1.807, 2.05) is 50.2 Å². The average molecular weight is 314 g/mol. The van der Waals surface area contributed by atoms with Gasteiger partial charge in [0.2, 0.25) is 0 Å². The van der Waals surface area contributed by atoms with E-state index in [1.165, 1.54) is 0 Å². The summed E-state index contributed by atoms with van der Waals surface area (Å²) in [7, 11) is 0. The lowest BCUT2D eigenvalue weighted by atomic mass is 10.2. The second-order valence-electron chi connectivity index (χ2n) is 5.94. The quantitative estimate of drug-likeness (QED) is 0.824. The maximum Gasteiger partial charge on any atom is 0.305 e. The molecule has 0 saturated heterocycles. The van der Waals surface area contributed by atoms with Gasteiger partial charge in [0.25, 0.3) is 5.91 Å². The summed E-state index contributed by atoms with van der Waals surface area (Å²) < 4.78 is 0. The third kappa shape index (κ3) is 4.71. The van der Waals surface area contributed by atoms with Crippen molar-refractivity contribution in [1.82, 2.24) is 9.88 Å². The van der Waals surface area contributed by atoms with Gasteiger partial charge in [-0.05, 0) is 23.6 Å². The Hall–Kier alpha value is -2.56. The standard InChI is InChI=1S/C18H22N2O3/c1-13(2)12-20(11-10-17(21)22)18(23)16-9-8-15(19-16)14-6-4-3-5-7-14/h3-9,13,19H,10-12H2,1-2H3,(H,21,22). The number of carbonyl (C=O) groups excluding carboxylic acids is 1. The lowest BCUT2D eigenvalue weighted by molar-refractivity contribution is -0.137. The Bertz CT molecular complexity index is 662. The molecule has 0 atom stereocenters. The van der Waals surface area contributed by atoms with E-state index < -0.39 is 5.97 Å². The van der Waals surface area contributed by atoms with E-state index in [9.17, 15) is 9.59 Å². The van der Waals surface area contributed by atoms with Crippen molar-refractivity contribution in [3.05, 3.63) is 48.2 Å². The van der Waals surface area contributed by atoms with Gasteiger partial charge in [-0.1, -0.05) is 44.2 Å². The van der Waals surface area contributed by atoms with Crippen LogP contribution >= 0.6 is 0 Å². The maximum absolute atomic E-state index is 12.6. The number of carboxylic acid groups (broad SMARTS) is 1. The lowest BCUT2D eigenvalue weighted by Crippen LogP contribution is -2.36. The van der Waals surface area contributed by atoms with Crippen molar-refractivity contribution in [2.45, 2.75) is 20.3 Å². The van der Waals surface area contributed by atoms with E-state index in [2.05, 4.69) is 4.98 Å². The van der Waals surface area contributed by atoms with E-state index in [0.717, 1.165) is 11.3 Å². The smallest absolute Gasteiger partial charge is 0.305 e. The highest BCUT2D eigenvalue weighted by atomic mass is 16.4. The first kappa shape index (κ1) is 16.8. The molecule has 0 fully saturated rings. The van der Waals surface area contributed by atoms with Crippen LogP contribution in [0.3, 0.4) is 0 Å². The maximum atomic E-state index is 12.6. The zero-order valence-electron chi connectivity index (χ0n) is 13.5. The van der Waals surface area contributed by atoms with Crippen LogP contribution in [0.1, 0.15) is 30.8 Å². The zero-order chi connectivity index (χ0) is 16.8. The molecule has 1 amide bonds. The molecule has 0 bridgehead atoms. The molecule has 2 aromatic rings. The number of rotatable bonds is 7. The molecule has 5 nitrogen and oxygen atoms in total. The number of nitrogens with one attached hydrogen (secondary N) is 1. The highest BCUT2D eigenvalue weighted by Crippen LogP contribution is 2.19. The molecule has 2 N–H and O–H groups in total. The molecule has 0 saturated carbocycles. The Balaban J connectivity index is 2.16. The Morgan fingerprint density at radius 2 is 1.83 bits per heavy atom. The number of hydrogen-bond donors (Lipinski definition) is 2. The third-order valence-electron chi connectivity index (χ3n) is 3.47. The predicted octanol–water partition coefficient (Wildman–Crippen LogP) is 3.25. The minimum absolute atomic E-state index is 0.0509. The molecule has 0 aliphatic heterocycles. The second-order valence-corrected chi connectivity index (χ2v) is 5.94. The molecular formula is C18H22N2O3. The Labute approximate surface area is 135 Å². The number of aromatic nitrogens is 1. The van der Waals surface area contributed by atoms with Crippen molar-refractivity contribution in [3.8, 4) is 11.3 Å². The summed E-state index contributed by atoms with van der Waals surface area (Å²) in [4.78, 5) is 28.2. The average Bonchev–Trinajstić information content (AvgIpc) is 3.01. The fraction of sp³-hybridized carbons (Fsp3) is 0.333. The van der Waals surface area contributed by atoms with E-state index >= 15 is 0 Å². The Morgan fingerprint density at radius 3 is 2.43 bits per heavy atom. The second kappa shape index (κ2) is 7.63. The summed E-state index contributed by atoms with van der Waals surface area (Å²) in [5.74, 6) is -0.790. The number of aromatic amines is 1. The van der Waals surface area contributed by atoms with E-state index in [-0.39, 0.29) is 24.8 Å². The van der Waals surface area contributed by atoms with Gasteiger partial charge in [-0.2, -0.15) is 0 Å². The number of amides is 1. The SMILES string of the molecule is CC(C)CN(CCC(=O)O)C(=O)c1ccc(-c2ccccc2)[nH]1. The van der Waals surface area contributed by atoms with Crippen LogP contribution in [0, 0.1) is 5.92 Å². The van der Waals surface area contributed by atoms with Gasteiger partial charge < -0.3 is 15.0 Å². The van der Waals surface area contributed by atoms with Crippen LogP contribution in [-0.2, 0) is 4.79 Å². The van der Waals surface area contributed by atoms with Crippen LogP contribution in [0.15, 0.2) is 42.5 Å². The Morgan fingerprint density at radius 1 is 1.13 bits per heavy atom. The summed E-state index contributed by atoms with van der Waals surface area (Å²) in [6, 6.07) is 13.4. The van der Waals surface area contributed by atoms with Crippen LogP contribution in [0.5, 0.6) is 0 Å². The van der Waals surface area contributed by atoms with Crippen molar-refractivity contribution in [2.75, 3.05) is 13.1 Å². The van der Waals surface area contributed by atoms with E-state index in [4.69, 9.17) is 5.11 Å². The molecule has 23 heavy (non-hydrogen) atoms. The van der Waals surface area contributed by atoms with Gasteiger partial charge in [0.1, 0.15) is 5.69 Å². The van der Waals surface area contributed by atoms with Crippen LogP contribution in [0.25, 0.3) is 11.3 Å². The molecule has 5 heteroatoms. The molecule has 0 spiro atoms. The number of carbonyl (C=O) groups is 2. The van der Waals surface area contributed by atoms with Gasteiger partial charge in [0.15, 0.2) is 0 Å². The highest BCUT2D eigenvalue weighted by molar-refractivity contribution is 5.93. The third-order valence-corrected chi connectivity index (χ3v) is 3.47. The molecule has 1 heterocycles. The van der Waals surface area contributed by atoms with Gasteiger partial charge >= 0.3 is 5.97 Å². The topological polar surface area (TPSA) is 73.4 Å². The number of H-pyrrole nitrogens is 1. The van der Waals surface area contributed by atoms with Crippen LogP contribution in [0.2, 0.25) is 0 Å². The number of hydrogen-bond acceptors (Lipinski definition) is 2. The van der Waals surface area contributed by atoms with Gasteiger partial charge in [0.05, 0.1) is 6.42 Å². The first-order chi connectivity index (χ1) is 11.0. The van der Waals surface area contributed by atoms with Crippen molar-refractivity contribution in [3.63, 3.8) is 0 Å². The summed E-state index contributed by atoms with van der Waals surface area (Å²) in [5.41, 5.74) is 2.36. The first-order valence-corrected chi connectivity index (χ1v) is 7.73. The fourth-order valence-corrected chi connectivity index (χ4v) is 2.42. The molecule has 122 valence electrons. The van der Waals surface area contributed by atoms with Crippen molar-refractivity contribution in [2.24, 2.45) is 5.92 Å². The van der Waals surface area contributed by atoms with Gasteiger partial charge in [0, 0.05) is 18.8 Å². The first-order valence-electron chi connectivity index (χ1n) is 7.73. The van der Waals surface area contributed by atoms with Gasteiger partial charge in [-0.3, -0.25) is 9.59 Å². The minimum atomic E-state index is -0.900. The number of nitrogens with zero attached hydrogens (tertiary/aromatic N) is 1. The van der Waals surface area contributed by atoms with Gasteiger partial charge in [-0.25, -0.2) is 0 Å². The molecule has 0 radical (unpaired) electrons. The van der Waals surface area contributed by atoms with Crippen LogP contribution < -0.4 is 0 Å². The van der Waals surface area contributed by atoms with E-state index in [0.29, 0.717) is 12.2 Å². The normalized spacial score (nSPS) is 10.7. The molecule has 0 aliphatic carbocycles. The number of carboxylic acids is 1. The Kier molecular flexibility index (Phi) is 5.57. The highest BCUT2D eigenvalue weighted by Gasteiger charge is 2.19. The van der Waals surface area contributed by atoms with Crippen molar-refractivity contribution >= 4 is 11.9 Å². The number of aliphatic carboxylic acids is 1. The monoisotopic (exact) mass is 314 g/mol. The number of benzene rings is 1. The summed E-state index contributed by atoms with van der Waals surface area (Å²) in [5, 5.41) is 8.86. The summed E-state index contributed by atoms with van der Waals surface area (Å²) in [6.45, 7) is 4.76.